The largest absolute Gasteiger partial charge is 0.497 e. The van der Waals surface area contributed by atoms with E-state index in [1.807, 2.05) is 0 Å². The number of hydrogen-bond acceptors (Lipinski definition) is 6. The Morgan fingerprint density at radius 3 is 2.28 bits per heavy atom. The molecule has 29 heavy (non-hydrogen) atoms. The zero-order valence-corrected chi connectivity index (χ0v) is 16.3. The number of anilines is 1. The monoisotopic (exact) mass is 400 g/mol. The summed E-state index contributed by atoms with van der Waals surface area (Å²) in [6.07, 6.45) is 2.90. The van der Waals surface area contributed by atoms with E-state index in [0.29, 0.717) is 23.3 Å². The van der Waals surface area contributed by atoms with Gasteiger partial charge in [0.05, 0.1) is 25.4 Å². The van der Waals surface area contributed by atoms with Gasteiger partial charge in [0.1, 0.15) is 5.75 Å². The van der Waals surface area contributed by atoms with Crippen LogP contribution in [-0.2, 0) is 23.9 Å². The summed E-state index contributed by atoms with van der Waals surface area (Å²) in [6, 6.07) is 6.75. The van der Waals surface area contributed by atoms with Crippen LogP contribution in [0, 0.1) is 23.7 Å². The molecule has 1 N–H and O–H groups in total. The van der Waals surface area contributed by atoms with E-state index in [2.05, 4.69) is 5.32 Å². The SMILES string of the molecule is COc1ccc(NC(=O)COC(=O)CCN2C(=O)[C@@H]3[C@@H]4CC[C@@H](C4)[C@@H]3C2=O)cc1. The molecule has 1 saturated heterocycles. The molecule has 1 aliphatic heterocycles. The Morgan fingerprint density at radius 2 is 1.69 bits per heavy atom. The standard InChI is InChI=1S/C21H24N2O6/c1-28-15-6-4-14(5-7-15)22-16(24)11-29-17(25)8-9-23-20(26)18-12-2-3-13(10-12)19(18)21(23)27/h4-7,12-13,18-19H,2-3,8-11H2,1H3,(H,22,24)/t12-,13+,18-,19+. The Balaban J connectivity index is 1.21. The van der Waals surface area contributed by atoms with Crippen LogP contribution in [0.3, 0.4) is 0 Å². The number of nitrogens with zero attached hydrogens (tertiary/aromatic N) is 1. The van der Waals surface area contributed by atoms with Crippen molar-refractivity contribution >= 4 is 29.4 Å². The first-order valence-electron chi connectivity index (χ1n) is 9.92. The first-order chi connectivity index (χ1) is 14.0. The fraction of sp³-hybridized carbons (Fsp3) is 0.524. The van der Waals surface area contributed by atoms with E-state index >= 15 is 0 Å². The summed E-state index contributed by atoms with van der Waals surface area (Å²) in [5, 5.41) is 2.61. The number of carbonyl (C=O) groups is 4. The van der Waals surface area contributed by atoms with E-state index in [-0.39, 0.29) is 36.6 Å². The first-order valence-corrected chi connectivity index (χ1v) is 9.92. The van der Waals surface area contributed by atoms with Crippen molar-refractivity contribution in [2.24, 2.45) is 23.7 Å². The van der Waals surface area contributed by atoms with Gasteiger partial charge in [0.2, 0.25) is 11.8 Å². The number of nitrogens with one attached hydrogen (secondary N) is 1. The number of imide groups is 1. The van der Waals surface area contributed by atoms with Gasteiger partial charge in [-0.2, -0.15) is 0 Å². The minimum atomic E-state index is -0.615. The fourth-order valence-electron chi connectivity index (χ4n) is 4.98. The smallest absolute Gasteiger partial charge is 0.308 e. The van der Waals surface area contributed by atoms with Crippen molar-refractivity contribution in [3.63, 3.8) is 0 Å². The fourth-order valence-corrected chi connectivity index (χ4v) is 4.98. The number of amides is 3. The van der Waals surface area contributed by atoms with Gasteiger partial charge in [-0.1, -0.05) is 0 Å². The molecule has 154 valence electrons. The summed E-state index contributed by atoms with van der Waals surface area (Å²) >= 11 is 0. The molecule has 2 saturated carbocycles. The molecule has 1 aromatic carbocycles. The zero-order valence-electron chi connectivity index (χ0n) is 16.3. The lowest BCUT2D eigenvalue weighted by Crippen LogP contribution is -2.35. The Hall–Kier alpha value is -2.90. The number of carbonyl (C=O) groups excluding carboxylic acids is 4. The molecular formula is C21H24N2O6. The van der Waals surface area contributed by atoms with Crippen molar-refractivity contribution in [1.82, 2.24) is 4.90 Å². The van der Waals surface area contributed by atoms with Crippen molar-refractivity contribution in [3.8, 4) is 5.75 Å². The van der Waals surface area contributed by atoms with Crippen LogP contribution in [0.15, 0.2) is 24.3 Å². The second-order valence-electron chi connectivity index (χ2n) is 7.90. The molecule has 2 aliphatic carbocycles. The third-order valence-corrected chi connectivity index (χ3v) is 6.30. The van der Waals surface area contributed by atoms with Gasteiger partial charge in [0, 0.05) is 12.2 Å². The van der Waals surface area contributed by atoms with Crippen LogP contribution in [0.1, 0.15) is 25.7 Å². The number of likely N-dealkylation sites (tertiary alicyclic amines) is 1. The zero-order chi connectivity index (χ0) is 20.5. The summed E-state index contributed by atoms with van der Waals surface area (Å²) in [7, 11) is 1.55. The van der Waals surface area contributed by atoms with Gasteiger partial charge in [-0.15, -0.1) is 0 Å². The lowest BCUT2D eigenvalue weighted by atomic mass is 9.81. The number of esters is 1. The van der Waals surface area contributed by atoms with Crippen LogP contribution in [0.25, 0.3) is 0 Å². The van der Waals surface area contributed by atoms with Crippen molar-refractivity contribution in [2.75, 3.05) is 25.6 Å². The maximum Gasteiger partial charge on any atom is 0.308 e. The predicted octanol–water partition coefficient (Wildman–Crippen LogP) is 1.60. The third kappa shape index (κ3) is 3.71. The number of methoxy groups -OCH3 is 1. The van der Waals surface area contributed by atoms with Gasteiger partial charge in [0.15, 0.2) is 6.61 Å². The molecule has 0 aromatic heterocycles. The molecule has 0 spiro atoms. The second kappa shape index (κ2) is 7.85. The molecule has 1 aromatic rings. The molecular weight excluding hydrogens is 376 g/mol. The quantitative estimate of drug-likeness (QED) is 0.551. The van der Waals surface area contributed by atoms with E-state index in [0.717, 1.165) is 19.3 Å². The second-order valence-corrected chi connectivity index (χ2v) is 7.90. The molecule has 1 heterocycles. The Bertz CT molecular complexity index is 808. The van der Waals surface area contributed by atoms with E-state index in [9.17, 15) is 19.2 Å². The molecule has 0 radical (unpaired) electrons. The average Bonchev–Trinajstić information content (AvgIpc) is 3.40. The highest BCUT2D eigenvalue weighted by molar-refractivity contribution is 6.06. The average molecular weight is 400 g/mol. The number of ether oxygens (including phenoxy) is 2. The summed E-state index contributed by atoms with van der Waals surface area (Å²) in [5.74, 6) is -0.439. The molecule has 3 fully saturated rings. The van der Waals surface area contributed by atoms with Crippen molar-refractivity contribution in [1.29, 1.82) is 0 Å². The van der Waals surface area contributed by atoms with Crippen LogP contribution in [0.2, 0.25) is 0 Å². The minimum Gasteiger partial charge on any atom is -0.497 e. The Kier molecular flexibility index (Phi) is 5.25. The van der Waals surface area contributed by atoms with Gasteiger partial charge in [0.25, 0.3) is 5.91 Å². The lowest BCUT2D eigenvalue weighted by Gasteiger charge is -2.19. The van der Waals surface area contributed by atoms with Crippen LogP contribution < -0.4 is 10.1 Å². The maximum absolute atomic E-state index is 12.6. The molecule has 8 heteroatoms. The van der Waals surface area contributed by atoms with Crippen LogP contribution in [0.5, 0.6) is 5.75 Å². The number of rotatable bonds is 7. The molecule has 2 bridgehead atoms. The molecule has 0 unspecified atom stereocenters. The minimum absolute atomic E-state index is 0.0169. The van der Waals surface area contributed by atoms with Crippen molar-refractivity contribution in [3.05, 3.63) is 24.3 Å². The highest BCUT2D eigenvalue weighted by atomic mass is 16.5. The Labute approximate surface area is 168 Å². The molecule has 3 aliphatic rings. The topological polar surface area (TPSA) is 102 Å². The van der Waals surface area contributed by atoms with Gasteiger partial charge >= 0.3 is 5.97 Å². The molecule has 4 atom stereocenters. The summed E-state index contributed by atoms with van der Waals surface area (Å²) in [4.78, 5) is 50.3. The first kappa shape index (κ1) is 19.4. The molecule has 8 nitrogen and oxygen atoms in total. The maximum atomic E-state index is 12.6. The van der Waals surface area contributed by atoms with Gasteiger partial charge in [-0.3, -0.25) is 24.1 Å². The lowest BCUT2D eigenvalue weighted by molar-refractivity contribution is -0.149. The van der Waals surface area contributed by atoms with Crippen molar-refractivity contribution in [2.45, 2.75) is 25.7 Å². The normalized spacial score (nSPS) is 27.1. The van der Waals surface area contributed by atoms with E-state index in [1.165, 1.54) is 4.90 Å². The highest BCUT2D eigenvalue weighted by Gasteiger charge is 2.60. The predicted molar refractivity (Wildman–Crippen MR) is 102 cm³/mol. The number of fused-ring (bicyclic) bond motifs is 5. The van der Waals surface area contributed by atoms with Crippen LogP contribution in [0.4, 0.5) is 5.69 Å². The molecule has 3 amide bonds. The summed E-state index contributed by atoms with van der Waals surface area (Å²) in [6.45, 7) is -0.412. The Morgan fingerprint density at radius 1 is 1.07 bits per heavy atom. The van der Waals surface area contributed by atoms with Gasteiger partial charge < -0.3 is 14.8 Å². The highest BCUT2D eigenvalue weighted by Crippen LogP contribution is 2.56. The number of hydrogen-bond donors (Lipinski definition) is 1. The third-order valence-electron chi connectivity index (χ3n) is 6.30. The van der Waals surface area contributed by atoms with Crippen molar-refractivity contribution < 1.29 is 28.7 Å². The van der Waals surface area contributed by atoms with Crippen LogP contribution in [-0.4, -0.2) is 48.9 Å². The molecule has 4 rings (SSSR count). The van der Waals surface area contributed by atoms with E-state index < -0.39 is 18.5 Å². The van der Waals surface area contributed by atoms with Gasteiger partial charge in [-0.05, 0) is 55.4 Å². The number of benzene rings is 1. The van der Waals surface area contributed by atoms with Crippen LogP contribution >= 0.6 is 0 Å². The van der Waals surface area contributed by atoms with Gasteiger partial charge in [-0.25, -0.2) is 0 Å². The summed E-state index contributed by atoms with van der Waals surface area (Å²) in [5.41, 5.74) is 0.557. The van der Waals surface area contributed by atoms with E-state index in [1.54, 1.807) is 31.4 Å². The summed E-state index contributed by atoms with van der Waals surface area (Å²) < 4.78 is 10.0. The van der Waals surface area contributed by atoms with E-state index in [4.69, 9.17) is 9.47 Å².